The minimum absolute atomic E-state index is 0.0565. The summed E-state index contributed by atoms with van der Waals surface area (Å²) in [4.78, 5) is 139. The molecule has 0 aliphatic carbocycles. The first-order chi connectivity index (χ1) is 33.1. The average Bonchev–Trinajstić information content (AvgIpc) is 4.06. The van der Waals surface area contributed by atoms with Gasteiger partial charge in [-0.05, 0) is 49.8 Å². The predicted molar refractivity (Wildman–Crippen MR) is 249 cm³/mol. The number of hydrogen-bond donors (Lipinski definition) is 12. The van der Waals surface area contributed by atoms with Crippen molar-refractivity contribution in [2.45, 2.75) is 101 Å². The highest BCUT2D eigenvalue weighted by molar-refractivity contribution is 6.08. The normalized spacial score (nSPS) is 23.8. The van der Waals surface area contributed by atoms with Crippen LogP contribution in [0, 0.1) is 0 Å². The van der Waals surface area contributed by atoms with E-state index in [0.29, 0.717) is 21.7 Å². The number of primary amides is 1. The number of aliphatic imine (C=N–C) groups is 1. The number of aromatic amines is 2. The second-order valence-electron chi connectivity index (χ2n) is 16.8. The number of nitrogens with two attached hydrogens (primary N) is 3. The fourth-order valence-corrected chi connectivity index (χ4v) is 8.00. The van der Waals surface area contributed by atoms with E-state index in [1.54, 1.807) is 42.6 Å². The van der Waals surface area contributed by atoms with E-state index in [0.717, 1.165) is 10.9 Å². The van der Waals surface area contributed by atoms with Crippen LogP contribution in [-0.2, 0) is 57.6 Å². The number of rotatable bonds is 11. The minimum atomic E-state index is -1.44. The number of aromatic nitrogens is 3. The van der Waals surface area contributed by atoms with E-state index < -0.39 is 95.6 Å². The van der Waals surface area contributed by atoms with Crippen molar-refractivity contribution in [2.75, 3.05) is 13.1 Å². The van der Waals surface area contributed by atoms with Gasteiger partial charge in [0.15, 0.2) is 5.96 Å². The molecule has 2 aromatic heterocycles. The molecule has 2 saturated heterocycles. The number of imide groups is 1. The smallest absolute Gasteiger partial charge is 0.325 e. The Labute approximate surface area is 395 Å². The van der Waals surface area contributed by atoms with Gasteiger partial charge in [-0.25, -0.2) is 9.78 Å². The van der Waals surface area contributed by atoms with Gasteiger partial charge >= 0.3 is 6.03 Å². The first kappa shape index (κ1) is 50.1. The number of carbonyl (C=O) groups excluding carboxylic acids is 9. The van der Waals surface area contributed by atoms with Gasteiger partial charge in [0.1, 0.15) is 42.3 Å². The van der Waals surface area contributed by atoms with Gasteiger partial charge in [0.25, 0.3) is 5.91 Å². The molecule has 2 aliphatic heterocycles. The lowest BCUT2D eigenvalue weighted by atomic mass is 10.0. The van der Waals surface area contributed by atoms with Crippen LogP contribution in [-0.4, -0.2) is 134 Å². The first-order valence-corrected chi connectivity index (χ1v) is 22.4. The van der Waals surface area contributed by atoms with Crippen molar-refractivity contribution >= 4 is 70.2 Å². The molecule has 2 bridgehead atoms. The number of benzene rings is 2. The number of amides is 10. The monoisotopic (exact) mass is 951 g/mol. The van der Waals surface area contributed by atoms with E-state index in [9.17, 15) is 43.2 Å². The van der Waals surface area contributed by atoms with Crippen LogP contribution in [0.15, 0.2) is 78.3 Å². The third-order valence-electron chi connectivity index (χ3n) is 11.7. The largest absolute Gasteiger partial charge is 0.370 e. The zero-order chi connectivity index (χ0) is 49.6. The molecular formula is C45H57N15O9. The average molecular weight is 952 g/mol. The quantitative estimate of drug-likeness (QED) is 0.0321. The summed E-state index contributed by atoms with van der Waals surface area (Å²) >= 11 is 0. The summed E-state index contributed by atoms with van der Waals surface area (Å²) in [7, 11) is 0. The lowest BCUT2D eigenvalue weighted by Gasteiger charge is -2.28. The van der Waals surface area contributed by atoms with Crippen LogP contribution in [0.2, 0.25) is 0 Å². The molecule has 0 spiro atoms. The molecule has 4 aromatic rings. The predicted octanol–water partition coefficient (Wildman–Crippen LogP) is -2.51. The molecule has 0 radical (unpaired) electrons. The topological polar surface area (TPSA) is 376 Å². The Kier molecular flexibility index (Phi) is 17.0. The van der Waals surface area contributed by atoms with E-state index in [1.807, 2.05) is 18.2 Å². The summed E-state index contributed by atoms with van der Waals surface area (Å²) in [5, 5.41) is 19.3. The second-order valence-corrected chi connectivity index (χ2v) is 16.8. The van der Waals surface area contributed by atoms with Gasteiger partial charge in [-0.3, -0.25) is 48.2 Å². The fraction of sp³-hybridized carbons (Fsp3) is 0.400. The van der Waals surface area contributed by atoms with E-state index >= 15 is 0 Å². The molecule has 7 atom stereocenters. The molecule has 0 unspecified atom stereocenters. The number of para-hydroxylation sites is 1. The van der Waals surface area contributed by atoms with E-state index in [2.05, 4.69) is 57.2 Å². The maximum absolute atomic E-state index is 14.6. The molecule has 15 N–H and O–H groups in total. The van der Waals surface area contributed by atoms with Crippen LogP contribution in [0.4, 0.5) is 4.79 Å². The van der Waals surface area contributed by atoms with Gasteiger partial charge < -0.3 is 64.4 Å². The Morgan fingerprint density at radius 1 is 0.725 bits per heavy atom. The lowest BCUT2D eigenvalue weighted by Crippen LogP contribution is -2.60. The van der Waals surface area contributed by atoms with Crippen molar-refractivity contribution < 1.29 is 43.2 Å². The first-order valence-electron chi connectivity index (χ1n) is 22.4. The third-order valence-corrected chi connectivity index (χ3v) is 11.7. The van der Waals surface area contributed by atoms with Gasteiger partial charge in [-0.1, -0.05) is 48.5 Å². The molecule has 2 aromatic carbocycles. The molecule has 24 nitrogen and oxygen atoms in total. The second kappa shape index (κ2) is 23.4. The molecule has 0 saturated carbocycles. The standard InChI is InChI=1S/C45H57N15O9/c1-24-38(63)56-35(20-27-22-49-23-53-27)42(67)57-33(18-25-8-3-2-4-9-25)40(65)55-31(12-7-16-51-44(47)48)39(64)58-34(19-26-21-52-29-11-6-5-10-28(26)29)41(66)54-30(37(46)62)15-17-50-36(61)14-13-32-43(68)60(24)45(69)59-32/h2-6,8-11,21-24,30-35,52H,7,12-20H2,1H3,(H2,46,62)(H,49,53)(H,50,61)(H,54,66)(H,55,65)(H,56,63)(H,57,67)(H,58,64)(H,59,69)(H4,47,48,51)/t24-,30+,31+,32+,33+,34+,35+/m1/s1. The molecule has 4 heterocycles. The molecule has 10 amide bonds. The summed E-state index contributed by atoms with van der Waals surface area (Å²) in [5.74, 6) is -6.67. The Morgan fingerprint density at radius 3 is 2.06 bits per heavy atom. The van der Waals surface area contributed by atoms with Crippen molar-refractivity contribution in [3.63, 3.8) is 0 Å². The number of urea groups is 1. The SMILES string of the molecule is C[C@@H]1C(=O)N[C@@H](Cc2cnc[nH]2)C(=O)N[C@@H](Cc2ccccc2)C(=O)N[C@@H](CCCN=C(N)N)C(=O)N[C@@H](Cc2c[nH]c3ccccc23)C(=O)N[C@H](C(N)=O)CCNC(=O)CC[C@@H]2NC(=O)N1C2=O. The fourth-order valence-electron chi connectivity index (χ4n) is 8.00. The summed E-state index contributed by atoms with van der Waals surface area (Å²) in [6, 6.07) is 5.57. The van der Waals surface area contributed by atoms with Crippen molar-refractivity contribution in [3.8, 4) is 0 Å². The summed E-state index contributed by atoms with van der Waals surface area (Å²) in [6.45, 7) is 1.20. The number of fused-ring (bicyclic) bond motifs is 3. The van der Waals surface area contributed by atoms with Gasteiger partial charge in [0.05, 0.1) is 6.33 Å². The van der Waals surface area contributed by atoms with Gasteiger partial charge in [0.2, 0.25) is 41.4 Å². The minimum Gasteiger partial charge on any atom is -0.370 e. The number of nitrogens with zero attached hydrogens (tertiary/aromatic N) is 3. The molecule has 24 heteroatoms. The van der Waals surface area contributed by atoms with Crippen LogP contribution in [0.3, 0.4) is 0 Å². The van der Waals surface area contributed by atoms with E-state index in [-0.39, 0.29) is 70.4 Å². The van der Waals surface area contributed by atoms with Crippen molar-refractivity contribution in [2.24, 2.45) is 22.2 Å². The maximum atomic E-state index is 14.6. The Hall–Kier alpha value is -8.31. The molecule has 2 fully saturated rings. The van der Waals surface area contributed by atoms with Gasteiger partial charge in [-0.15, -0.1) is 0 Å². The number of H-pyrrole nitrogens is 2. The van der Waals surface area contributed by atoms with Crippen molar-refractivity contribution in [1.82, 2.24) is 57.1 Å². The van der Waals surface area contributed by atoms with Gasteiger partial charge in [0, 0.05) is 67.8 Å². The van der Waals surface area contributed by atoms with Crippen LogP contribution < -0.4 is 54.4 Å². The van der Waals surface area contributed by atoms with Crippen molar-refractivity contribution in [1.29, 1.82) is 0 Å². The Bertz CT molecular complexity index is 2540. The molecule has 2 aliphatic rings. The zero-order valence-electron chi connectivity index (χ0n) is 37.8. The number of guanidine groups is 1. The van der Waals surface area contributed by atoms with E-state index in [1.165, 1.54) is 19.4 Å². The highest BCUT2D eigenvalue weighted by Crippen LogP contribution is 2.20. The summed E-state index contributed by atoms with van der Waals surface area (Å²) in [6.07, 6.45) is 3.62. The summed E-state index contributed by atoms with van der Waals surface area (Å²) in [5.41, 5.74) is 19.2. The highest BCUT2D eigenvalue weighted by Gasteiger charge is 2.44. The lowest BCUT2D eigenvalue weighted by molar-refractivity contribution is -0.137. The van der Waals surface area contributed by atoms with Gasteiger partial charge in [-0.2, -0.15) is 0 Å². The summed E-state index contributed by atoms with van der Waals surface area (Å²) < 4.78 is 0. The van der Waals surface area contributed by atoms with Crippen LogP contribution >= 0.6 is 0 Å². The van der Waals surface area contributed by atoms with Crippen LogP contribution in [0.5, 0.6) is 0 Å². The number of nitrogens with one attached hydrogen (secondary N) is 9. The van der Waals surface area contributed by atoms with Crippen molar-refractivity contribution in [3.05, 3.63) is 90.1 Å². The number of carbonyl (C=O) groups is 9. The zero-order valence-corrected chi connectivity index (χ0v) is 37.8. The number of imidazole rings is 1. The Balaban J connectivity index is 1.36. The van der Waals surface area contributed by atoms with E-state index in [4.69, 9.17) is 17.2 Å². The highest BCUT2D eigenvalue weighted by atomic mass is 16.2. The van der Waals surface area contributed by atoms with Crippen LogP contribution in [0.25, 0.3) is 10.9 Å². The Morgan fingerprint density at radius 2 is 1.36 bits per heavy atom. The molecule has 366 valence electrons. The maximum Gasteiger partial charge on any atom is 0.325 e. The molecular weight excluding hydrogens is 895 g/mol. The van der Waals surface area contributed by atoms with Crippen LogP contribution in [0.1, 0.15) is 55.8 Å². The third kappa shape index (κ3) is 13.6. The number of hydrogen-bond acceptors (Lipinski definition) is 11. The molecule has 6 rings (SSSR count). The molecule has 69 heavy (non-hydrogen) atoms.